The van der Waals surface area contributed by atoms with Gasteiger partial charge < -0.3 is 10.2 Å². The van der Waals surface area contributed by atoms with Crippen LogP contribution in [0.4, 0.5) is 0 Å². The third-order valence-corrected chi connectivity index (χ3v) is 5.03. The molecule has 0 amide bonds. The molecule has 1 N–H and O–H groups in total. The highest BCUT2D eigenvalue weighted by Gasteiger charge is 2.21. The van der Waals surface area contributed by atoms with Crippen LogP contribution in [0.2, 0.25) is 0 Å². The van der Waals surface area contributed by atoms with E-state index >= 15 is 0 Å². The van der Waals surface area contributed by atoms with Gasteiger partial charge in [0.1, 0.15) is 0 Å². The molecule has 0 spiro atoms. The molecule has 1 saturated carbocycles. The molecule has 5 nitrogen and oxygen atoms in total. The second kappa shape index (κ2) is 6.90. The molecule has 0 radical (unpaired) electrons. The van der Waals surface area contributed by atoms with E-state index in [0.717, 1.165) is 19.6 Å². The van der Waals surface area contributed by atoms with Crippen LogP contribution in [0.15, 0.2) is 12.3 Å². The van der Waals surface area contributed by atoms with Crippen molar-refractivity contribution in [2.75, 3.05) is 40.3 Å². The van der Waals surface area contributed by atoms with Crippen molar-refractivity contribution < 1.29 is 0 Å². The molecule has 2 aliphatic rings. The van der Waals surface area contributed by atoms with Crippen LogP contribution in [0.3, 0.4) is 0 Å². The molecule has 0 aromatic carbocycles. The minimum atomic E-state index is 0.612. The molecule has 1 aliphatic heterocycles. The molecule has 1 aromatic heterocycles. The molecule has 1 atom stereocenters. The highest BCUT2D eigenvalue weighted by molar-refractivity contribution is 5.00. The van der Waals surface area contributed by atoms with Gasteiger partial charge in [0.05, 0.1) is 11.7 Å². The van der Waals surface area contributed by atoms with E-state index in [0.29, 0.717) is 12.1 Å². The summed E-state index contributed by atoms with van der Waals surface area (Å²) in [5.41, 5.74) is 1.17. The first-order valence-corrected chi connectivity index (χ1v) is 8.36. The normalized spacial score (nSPS) is 25.7. The Labute approximate surface area is 128 Å². The molecule has 2 heterocycles. The number of aromatic nitrogens is 2. The maximum atomic E-state index is 4.74. The van der Waals surface area contributed by atoms with Gasteiger partial charge in [-0.15, -0.1) is 0 Å². The summed E-state index contributed by atoms with van der Waals surface area (Å²) in [6.07, 6.45) is 7.48. The van der Waals surface area contributed by atoms with Crippen LogP contribution < -0.4 is 5.32 Å². The topological polar surface area (TPSA) is 36.3 Å². The summed E-state index contributed by atoms with van der Waals surface area (Å²) in [5.74, 6) is 0. The Morgan fingerprint density at radius 1 is 1.24 bits per heavy atom. The summed E-state index contributed by atoms with van der Waals surface area (Å²) in [5, 5.41) is 8.32. The zero-order valence-corrected chi connectivity index (χ0v) is 13.5. The number of piperazine rings is 1. The lowest BCUT2D eigenvalue weighted by molar-refractivity contribution is 0.113. The fourth-order valence-electron chi connectivity index (χ4n) is 3.53. The fourth-order valence-corrected chi connectivity index (χ4v) is 3.53. The molecular weight excluding hydrogens is 262 g/mol. The first-order chi connectivity index (χ1) is 10.2. The first kappa shape index (κ1) is 15.0. The van der Waals surface area contributed by atoms with Crippen LogP contribution in [-0.2, 0) is 6.54 Å². The Bertz CT molecular complexity index is 438. The van der Waals surface area contributed by atoms with Crippen LogP contribution in [0.25, 0.3) is 0 Å². The predicted octanol–water partition coefficient (Wildman–Crippen LogP) is 1.33. The number of likely N-dealkylation sites (N-methyl/N-ethyl adjacent to an activating group) is 2. The highest BCUT2D eigenvalue weighted by Crippen LogP contribution is 2.28. The van der Waals surface area contributed by atoms with E-state index in [-0.39, 0.29) is 0 Å². The van der Waals surface area contributed by atoms with Gasteiger partial charge in [0.15, 0.2) is 0 Å². The lowest BCUT2D eigenvalue weighted by Crippen LogP contribution is -2.53. The molecule has 5 heteroatoms. The van der Waals surface area contributed by atoms with Crippen molar-refractivity contribution in [3.05, 3.63) is 18.0 Å². The zero-order valence-electron chi connectivity index (χ0n) is 13.5. The van der Waals surface area contributed by atoms with E-state index in [1.807, 2.05) is 0 Å². The summed E-state index contributed by atoms with van der Waals surface area (Å²) in [6.45, 7) is 5.42. The number of hydrogen-bond acceptors (Lipinski definition) is 4. The third kappa shape index (κ3) is 3.84. The Morgan fingerprint density at radius 2 is 2.05 bits per heavy atom. The van der Waals surface area contributed by atoms with Crippen LogP contribution in [-0.4, -0.2) is 65.9 Å². The van der Waals surface area contributed by atoms with Crippen molar-refractivity contribution >= 4 is 0 Å². The molecule has 1 aromatic rings. The van der Waals surface area contributed by atoms with Gasteiger partial charge in [-0.05, 0) is 33.0 Å². The van der Waals surface area contributed by atoms with Crippen molar-refractivity contribution in [3.63, 3.8) is 0 Å². The average molecular weight is 291 g/mol. The maximum Gasteiger partial charge on any atom is 0.0762 e. The first-order valence-electron chi connectivity index (χ1n) is 8.36. The Kier molecular flexibility index (Phi) is 4.93. The molecule has 1 unspecified atom stereocenters. The van der Waals surface area contributed by atoms with Crippen molar-refractivity contribution in [1.29, 1.82) is 0 Å². The minimum absolute atomic E-state index is 0.612. The van der Waals surface area contributed by atoms with E-state index in [1.54, 1.807) is 0 Å². The number of nitrogens with zero attached hydrogens (tertiary/aromatic N) is 4. The number of rotatable bonds is 5. The van der Waals surface area contributed by atoms with Crippen molar-refractivity contribution in [2.24, 2.45) is 0 Å². The summed E-state index contributed by atoms with van der Waals surface area (Å²) < 4.78 is 2.19. The van der Waals surface area contributed by atoms with E-state index in [2.05, 4.69) is 46.2 Å². The second-order valence-corrected chi connectivity index (χ2v) is 6.75. The summed E-state index contributed by atoms with van der Waals surface area (Å²) in [6, 6.07) is 3.43. The van der Waals surface area contributed by atoms with Crippen LogP contribution in [0.1, 0.15) is 37.4 Å². The molecule has 1 saturated heterocycles. The van der Waals surface area contributed by atoms with Gasteiger partial charge >= 0.3 is 0 Å². The Hall–Kier alpha value is -0.910. The molecule has 2 fully saturated rings. The third-order valence-electron chi connectivity index (χ3n) is 5.03. The van der Waals surface area contributed by atoms with Crippen molar-refractivity contribution in [1.82, 2.24) is 24.9 Å². The number of hydrogen-bond donors (Lipinski definition) is 1. The van der Waals surface area contributed by atoms with Crippen LogP contribution >= 0.6 is 0 Å². The molecule has 3 rings (SSSR count). The largest absolute Gasteiger partial charge is 0.309 e. The zero-order chi connectivity index (χ0) is 14.7. The van der Waals surface area contributed by atoms with Gasteiger partial charge in [0.2, 0.25) is 0 Å². The van der Waals surface area contributed by atoms with Gasteiger partial charge in [-0.3, -0.25) is 9.58 Å². The molecule has 21 heavy (non-hydrogen) atoms. The molecule has 0 bridgehead atoms. The van der Waals surface area contributed by atoms with E-state index in [9.17, 15) is 0 Å². The van der Waals surface area contributed by atoms with Crippen LogP contribution in [0.5, 0.6) is 0 Å². The lowest BCUT2D eigenvalue weighted by atomic mass is 10.2. The predicted molar refractivity (Wildman–Crippen MR) is 85.4 cm³/mol. The second-order valence-electron chi connectivity index (χ2n) is 6.75. The van der Waals surface area contributed by atoms with E-state index < -0.39 is 0 Å². The van der Waals surface area contributed by atoms with Gasteiger partial charge in [-0.2, -0.15) is 5.10 Å². The standard InChI is InChI=1S/C16H29N5/c1-19-9-10-20(2)16(13-19)12-17-11-14-7-8-21(18-14)15-5-3-4-6-15/h7-8,15-17H,3-6,9-13H2,1-2H3. The Balaban J connectivity index is 1.44. The van der Waals surface area contributed by atoms with Gasteiger partial charge in [0, 0.05) is 45.0 Å². The number of nitrogens with one attached hydrogen (secondary N) is 1. The quantitative estimate of drug-likeness (QED) is 0.888. The van der Waals surface area contributed by atoms with E-state index in [1.165, 1.54) is 44.5 Å². The molecular formula is C16H29N5. The monoisotopic (exact) mass is 291 g/mol. The average Bonchev–Trinajstić information content (AvgIpc) is 3.13. The lowest BCUT2D eigenvalue weighted by Gasteiger charge is -2.37. The van der Waals surface area contributed by atoms with E-state index in [4.69, 9.17) is 5.10 Å². The maximum absolute atomic E-state index is 4.74. The molecule has 1 aliphatic carbocycles. The summed E-state index contributed by atoms with van der Waals surface area (Å²) in [4.78, 5) is 4.88. The summed E-state index contributed by atoms with van der Waals surface area (Å²) in [7, 11) is 4.44. The van der Waals surface area contributed by atoms with Crippen molar-refractivity contribution in [3.8, 4) is 0 Å². The van der Waals surface area contributed by atoms with Crippen LogP contribution in [0, 0.1) is 0 Å². The smallest absolute Gasteiger partial charge is 0.0762 e. The fraction of sp³-hybridized carbons (Fsp3) is 0.812. The molecule has 118 valence electrons. The highest BCUT2D eigenvalue weighted by atomic mass is 15.3. The SMILES string of the molecule is CN1CCN(C)C(CNCc2ccn(C3CCCC3)n2)C1. The van der Waals surface area contributed by atoms with Gasteiger partial charge in [-0.25, -0.2) is 0 Å². The van der Waals surface area contributed by atoms with Crippen molar-refractivity contribution in [2.45, 2.75) is 44.3 Å². The van der Waals surface area contributed by atoms with Gasteiger partial charge in [-0.1, -0.05) is 12.8 Å². The minimum Gasteiger partial charge on any atom is -0.309 e. The summed E-state index contributed by atoms with van der Waals surface area (Å²) >= 11 is 0. The Morgan fingerprint density at radius 3 is 2.86 bits per heavy atom. The van der Waals surface area contributed by atoms with Gasteiger partial charge in [0.25, 0.3) is 0 Å².